The second-order valence-corrected chi connectivity index (χ2v) is 5.31. The van der Waals surface area contributed by atoms with Crippen LogP contribution in [-0.4, -0.2) is 10.8 Å². The quantitative estimate of drug-likeness (QED) is 0.404. The molecule has 0 amide bonds. The smallest absolute Gasteiger partial charge is 0.0430 e. The Morgan fingerprint density at radius 2 is 1.62 bits per heavy atom. The Labute approximate surface area is 93.0 Å². The van der Waals surface area contributed by atoms with Crippen molar-refractivity contribution >= 4 is 23.2 Å². The summed E-state index contributed by atoms with van der Waals surface area (Å²) in [5.74, 6) is 0.676. The van der Waals surface area contributed by atoms with E-state index in [0.717, 1.165) is 12.8 Å². The fraction of sp³-hybridized carbons (Fsp3) is 1.00. The van der Waals surface area contributed by atoms with Gasteiger partial charge >= 0.3 is 0 Å². The third-order valence-electron chi connectivity index (χ3n) is 2.42. The van der Waals surface area contributed by atoms with Gasteiger partial charge in [0.15, 0.2) is 0 Å². The van der Waals surface area contributed by atoms with E-state index in [2.05, 4.69) is 13.8 Å². The van der Waals surface area contributed by atoms with Crippen molar-refractivity contribution in [3.05, 3.63) is 0 Å². The summed E-state index contributed by atoms with van der Waals surface area (Å²) in [4.78, 5) is -0.0615. The summed E-state index contributed by atoms with van der Waals surface area (Å²) in [6.45, 7) is 4.33. The maximum Gasteiger partial charge on any atom is 0.0430 e. The molecule has 0 saturated heterocycles. The van der Waals surface area contributed by atoms with Crippen molar-refractivity contribution in [1.29, 1.82) is 0 Å². The number of halogens is 2. The van der Waals surface area contributed by atoms with Crippen LogP contribution in [0.1, 0.15) is 58.8 Å². The van der Waals surface area contributed by atoms with Crippen LogP contribution in [0.5, 0.6) is 0 Å². The summed E-state index contributed by atoms with van der Waals surface area (Å²) < 4.78 is 0. The topological polar surface area (TPSA) is 0 Å². The van der Waals surface area contributed by atoms with Crippen molar-refractivity contribution < 1.29 is 0 Å². The lowest BCUT2D eigenvalue weighted by Crippen LogP contribution is -2.16. The van der Waals surface area contributed by atoms with Gasteiger partial charge < -0.3 is 0 Å². The van der Waals surface area contributed by atoms with E-state index in [0.29, 0.717) is 5.88 Å². The molecule has 0 N–H and O–H groups in total. The van der Waals surface area contributed by atoms with E-state index in [9.17, 15) is 0 Å². The molecule has 0 radical (unpaired) electrons. The fourth-order valence-electron chi connectivity index (χ4n) is 1.42. The van der Waals surface area contributed by atoms with Gasteiger partial charge in [-0.2, -0.15) is 0 Å². The highest BCUT2D eigenvalue weighted by molar-refractivity contribution is 6.24. The highest BCUT2D eigenvalue weighted by Crippen LogP contribution is 2.26. The average Bonchev–Trinajstić information content (AvgIpc) is 2.04. The molecule has 0 aromatic carbocycles. The van der Waals surface area contributed by atoms with Crippen LogP contribution in [0.2, 0.25) is 0 Å². The van der Waals surface area contributed by atoms with E-state index in [1.165, 1.54) is 32.1 Å². The minimum absolute atomic E-state index is 0.0615. The summed E-state index contributed by atoms with van der Waals surface area (Å²) >= 11 is 11.9. The molecule has 0 bridgehead atoms. The van der Waals surface area contributed by atoms with E-state index in [-0.39, 0.29) is 4.87 Å². The van der Waals surface area contributed by atoms with Gasteiger partial charge in [-0.3, -0.25) is 0 Å². The van der Waals surface area contributed by atoms with Crippen molar-refractivity contribution in [3.63, 3.8) is 0 Å². The molecule has 13 heavy (non-hydrogen) atoms. The van der Waals surface area contributed by atoms with Crippen LogP contribution in [-0.2, 0) is 0 Å². The second-order valence-electron chi connectivity index (χ2n) is 4.02. The minimum atomic E-state index is -0.0615. The van der Waals surface area contributed by atoms with Gasteiger partial charge in [-0.25, -0.2) is 0 Å². The third-order valence-corrected chi connectivity index (χ3v) is 2.98. The van der Waals surface area contributed by atoms with Crippen LogP contribution < -0.4 is 0 Å². The Morgan fingerprint density at radius 1 is 1.00 bits per heavy atom. The Bertz CT molecular complexity index is 111. The minimum Gasteiger partial charge on any atom is -0.127 e. The molecule has 0 aliphatic heterocycles. The first-order valence-electron chi connectivity index (χ1n) is 5.37. The van der Waals surface area contributed by atoms with Gasteiger partial charge in [0.2, 0.25) is 0 Å². The zero-order chi connectivity index (χ0) is 10.2. The monoisotopic (exact) mass is 224 g/mol. The van der Waals surface area contributed by atoms with Crippen LogP contribution in [0.3, 0.4) is 0 Å². The lowest BCUT2D eigenvalue weighted by molar-refractivity contribution is 0.506. The first kappa shape index (κ1) is 13.6. The lowest BCUT2D eigenvalue weighted by atomic mass is 9.99. The van der Waals surface area contributed by atoms with Crippen LogP contribution in [0.4, 0.5) is 0 Å². The highest BCUT2D eigenvalue weighted by atomic mass is 35.5. The Hall–Kier alpha value is 0.580. The van der Waals surface area contributed by atoms with E-state index in [1.807, 2.05) is 0 Å². The van der Waals surface area contributed by atoms with Crippen molar-refractivity contribution in [2.75, 3.05) is 5.88 Å². The van der Waals surface area contributed by atoms with Crippen molar-refractivity contribution in [2.24, 2.45) is 0 Å². The average molecular weight is 225 g/mol. The number of hydrogen-bond donors (Lipinski definition) is 0. The summed E-state index contributed by atoms with van der Waals surface area (Å²) in [5, 5.41) is 0. The predicted molar refractivity (Wildman–Crippen MR) is 63.0 cm³/mol. The molecule has 1 unspecified atom stereocenters. The van der Waals surface area contributed by atoms with Crippen LogP contribution in [0.25, 0.3) is 0 Å². The van der Waals surface area contributed by atoms with Crippen molar-refractivity contribution in [3.8, 4) is 0 Å². The molecule has 0 aromatic rings. The summed E-state index contributed by atoms with van der Waals surface area (Å²) in [6, 6.07) is 0. The SMILES string of the molecule is CCCCCCCC(C)(Cl)CCCl. The summed E-state index contributed by atoms with van der Waals surface area (Å²) in [6.07, 6.45) is 8.60. The molecule has 80 valence electrons. The maximum atomic E-state index is 6.26. The lowest BCUT2D eigenvalue weighted by Gasteiger charge is -2.20. The Morgan fingerprint density at radius 3 is 2.15 bits per heavy atom. The first-order chi connectivity index (χ1) is 6.12. The van der Waals surface area contributed by atoms with E-state index in [1.54, 1.807) is 0 Å². The molecule has 0 rings (SSSR count). The van der Waals surface area contributed by atoms with Crippen molar-refractivity contribution in [1.82, 2.24) is 0 Å². The fourth-order valence-corrected chi connectivity index (χ4v) is 2.16. The molecule has 0 heterocycles. The molecule has 0 nitrogen and oxygen atoms in total. The van der Waals surface area contributed by atoms with Gasteiger partial charge in [0.1, 0.15) is 0 Å². The van der Waals surface area contributed by atoms with Gasteiger partial charge in [0.25, 0.3) is 0 Å². The standard InChI is InChI=1S/C11H22Cl2/c1-3-4-5-6-7-8-11(2,13)9-10-12/h3-10H2,1-2H3. The zero-order valence-corrected chi connectivity index (χ0v) is 10.4. The second kappa shape index (κ2) is 7.94. The summed E-state index contributed by atoms with van der Waals surface area (Å²) in [7, 11) is 0. The molecular formula is C11H22Cl2. The van der Waals surface area contributed by atoms with Gasteiger partial charge in [-0.1, -0.05) is 39.0 Å². The van der Waals surface area contributed by atoms with Crippen LogP contribution in [0, 0.1) is 0 Å². The van der Waals surface area contributed by atoms with E-state index in [4.69, 9.17) is 23.2 Å². The highest BCUT2D eigenvalue weighted by Gasteiger charge is 2.18. The molecule has 0 aliphatic rings. The molecule has 0 spiro atoms. The first-order valence-corrected chi connectivity index (χ1v) is 6.28. The van der Waals surface area contributed by atoms with Gasteiger partial charge in [-0.15, -0.1) is 23.2 Å². The van der Waals surface area contributed by atoms with Crippen molar-refractivity contribution in [2.45, 2.75) is 63.7 Å². The molecule has 0 aliphatic carbocycles. The summed E-state index contributed by atoms with van der Waals surface area (Å²) in [5.41, 5.74) is 0. The molecule has 0 fully saturated rings. The zero-order valence-electron chi connectivity index (χ0n) is 8.91. The van der Waals surface area contributed by atoms with Gasteiger partial charge in [0.05, 0.1) is 0 Å². The van der Waals surface area contributed by atoms with E-state index >= 15 is 0 Å². The van der Waals surface area contributed by atoms with E-state index < -0.39 is 0 Å². The third kappa shape index (κ3) is 8.90. The van der Waals surface area contributed by atoms with Gasteiger partial charge in [0, 0.05) is 10.8 Å². The molecule has 0 aromatic heterocycles. The normalized spacial score (nSPS) is 15.7. The molecular weight excluding hydrogens is 203 g/mol. The van der Waals surface area contributed by atoms with Crippen LogP contribution in [0.15, 0.2) is 0 Å². The maximum absolute atomic E-state index is 6.26. The largest absolute Gasteiger partial charge is 0.127 e. The molecule has 0 saturated carbocycles. The number of alkyl halides is 2. The molecule has 1 atom stereocenters. The Balaban J connectivity index is 3.29. The number of unbranched alkanes of at least 4 members (excludes halogenated alkanes) is 4. The van der Waals surface area contributed by atoms with Gasteiger partial charge in [-0.05, 0) is 19.8 Å². The van der Waals surface area contributed by atoms with Crippen LogP contribution >= 0.6 is 23.2 Å². The predicted octanol–water partition coefficient (Wildman–Crippen LogP) is 4.97. The number of rotatable bonds is 8. The number of hydrogen-bond acceptors (Lipinski definition) is 0. The molecule has 2 heteroatoms. The Kier molecular flexibility index (Phi) is 8.29.